The van der Waals surface area contributed by atoms with Crippen LogP contribution in [0, 0.1) is 11.3 Å². The SMILES string of the molecule is COc1ccc(OC)c([C@H]2CN(C(=O)CC(C)(C)C)C[C@@H]2C(=O)NC(C)C)c1. The minimum atomic E-state index is -0.327. The first-order valence-electron chi connectivity index (χ1n) is 9.85. The van der Waals surface area contributed by atoms with E-state index in [9.17, 15) is 9.59 Å². The van der Waals surface area contributed by atoms with Gasteiger partial charge in [0.25, 0.3) is 0 Å². The lowest BCUT2D eigenvalue weighted by atomic mass is 9.87. The van der Waals surface area contributed by atoms with Crippen LogP contribution in [-0.2, 0) is 9.59 Å². The van der Waals surface area contributed by atoms with E-state index in [1.165, 1.54) is 0 Å². The second-order valence-corrected chi connectivity index (χ2v) is 9.02. The highest BCUT2D eigenvalue weighted by Crippen LogP contribution is 2.40. The largest absolute Gasteiger partial charge is 0.497 e. The van der Waals surface area contributed by atoms with Crippen molar-refractivity contribution in [2.75, 3.05) is 27.3 Å². The molecule has 2 atom stereocenters. The first kappa shape index (κ1) is 22.1. The summed E-state index contributed by atoms with van der Waals surface area (Å²) in [5.74, 6) is 0.992. The summed E-state index contributed by atoms with van der Waals surface area (Å²) >= 11 is 0. The standard InChI is InChI=1S/C22H34N2O4/c1-14(2)23-21(26)18-13-24(20(25)11-22(3,4)5)12-17(18)16-10-15(27-6)8-9-19(16)28-7/h8-10,14,17-18H,11-13H2,1-7H3,(H,23,26)/t17-,18+/m1/s1. The molecule has 1 fully saturated rings. The second-order valence-electron chi connectivity index (χ2n) is 9.02. The lowest BCUT2D eigenvalue weighted by molar-refractivity contribution is -0.132. The smallest absolute Gasteiger partial charge is 0.225 e. The van der Waals surface area contributed by atoms with Crippen LogP contribution in [0.15, 0.2) is 18.2 Å². The highest BCUT2D eigenvalue weighted by molar-refractivity contribution is 5.84. The number of hydrogen-bond donors (Lipinski definition) is 1. The van der Waals surface area contributed by atoms with Crippen molar-refractivity contribution >= 4 is 11.8 Å². The van der Waals surface area contributed by atoms with Gasteiger partial charge in [0.05, 0.1) is 20.1 Å². The molecule has 6 nitrogen and oxygen atoms in total. The van der Waals surface area contributed by atoms with Crippen molar-refractivity contribution in [2.24, 2.45) is 11.3 Å². The van der Waals surface area contributed by atoms with Crippen molar-refractivity contribution in [2.45, 2.75) is 53.0 Å². The van der Waals surface area contributed by atoms with Crippen LogP contribution in [0.4, 0.5) is 0 Å². The van der Waals surface area contributed by atoms with Crippen LogP contribution in [0.1, 0.15) is 52.5 Å². The number of carbonyl (C=O) groups excluding carboxylic acids is 2. The molecule has 1 aliphatic rings. The molecule has 2 amide bonds. The van der Waals surface area contributed by atoms with Crippen LogP contribution in [0.3, 0.4) is 0 Å². The van der Waals surface area contributed by atoms with Crippen molar-refractivity contribution < 1.29 is 19.1 Å². The quantitative estimate of drug-likeness (QED) is 0.810. The summed E-state index contributed by atoms with van der Waals surface area (Å²) in [5, 5.41) is 3.01. The van der Waals surface area contributed by atoms with Gasteiger partial charge in [-0.3, -0.25) is 9.59 Å². The van der Waals surface area contributed by atoms with Crippen molar-refractivity contribution in [3.8, 4) is 11.5 Å². The Kier molecular flexibility index (Phi) is 6.96. The van der Waals surface area contributed by atoms with Gasteiger partial charge in [0.15, 0.2) is 0 Å². The van der Waals surface area contributed by atoms with E-state index < -0.39 is 0 Å². The number of hydrogen-bond acceptors (Lipinski definition) is 4. The Morgan fingerprint density at radius 1 is 1.18 bits per heavy atom. The predicted octanol–water partition coefficient (Wildman–Crippen LogP) is 3.21. The van der Waals surface area contributed by atoms with Gasteiger partial charge in [0.1, 0.15) is 11.5 Å². The molecular formula is C22H34N2O4. The first-order chi connectivity index (χ1) is 13.1. The molecule has 0 aromatic heterocycles. The number of likely N-dealkylation sites (tertiary alicyclic amines) is 1. The van der Waals surface area contributed by atoms with Gasteiger partial charge in [-0.25, -0.2) is 0 Å². The van der Waals surface area contributed by atoms with Crippen molar-refractivity contribution in [1.82, 2.24) is 10.2 Å². The monoisotopic (exact) mass is 390 g/mol. The Hall–Kier alpha value is -2.24. The number of benzene rings is 1. The van der Waals surface area contributed by atoms with Gasteiger partial charge in [0, 0.05) is 37.0 Å². The van der Waals surface area contributed by atoms with E-state index in [1.807, 2.05) is 57.7 Å². The predicted molar refractivity (Wildman–Crippen MR) is 110 cm³/mol. The molecule has 1 aromatic carbocycles. The van der Waals surface area contributed by atoms with Crippen LogP contribution in [-0.4, -0.2) is 50.1 Å². The van der Waals surface area contributed by atoms with Gasteiger partial charge >= 0.3 is 0 Å². The Bertz CT molecular complexity index is 709. The normalized spacial score (nSPS) is 19.6. The molecule has 1 heterocycles. The second kappa shape index (κ2) is 8.84. The third kappa shape index (κ3) is 5.40. The topological polar surface area (TPSA) is 67.9 Å². The molecule has 0 saturated carbocycles. The number of ether oxygens (including phenoxy) is 2. The number of amides is 2. The molecular weight excluding hydrogens is 356 g/mol. The average Bonchev–Trinajstić information content (AvgIpc) is 3.04. The van der Waals surface area contributed by atoms with E-state index in [0.717, 1.165) is 5.56 Å². The first-order valence-corrected chi connectivity index (χ1v) is 9.85. The fourth-order valence-corrected chi connectivity index (χ4v) is 3.67. The van der Waals surface area contributed by atoms with Crippen LogP contribution in [0.2, 0.25) is 0 Å². The summed E-state index contributed by atoms with van der Waals surface area (Å²) in [6.45, 7) is 10.9. The molecule has 1 aliphatic heterocycles. The number of carbonyl (C=O) groups is 2. The molecule has 1 N–H and O–H groups in total. The van der Waals surface area contributed by atoms with Gasteiger partial charge in [0.2, 0.25) is 11.8 Å². The minimum absolute atomic E-state index is 0.0315. The van der Waals surface area contributed by atoms with Crippen LogP contribution < -0.4 is 14.8 Å². The third-order valence-electron chi connectivity index (χ3n) is 4.96. The summed E-state index contributed by atoms with van der Waals surface area (Å²) in [6, 6.07) is 5.64. The van der Waals surface area contributed by atoms with Gasteiger partial charge in [-0.1, -0.05) is 20.8 Å². The highest BCUT2D eigenvalue weighted by atomic mass is 16.5. The van der Waals surface area contributed by atoms with Gasteiger partial charge < -0.3 is 19.7 Å². The van der Waals surface area contributed by atoms with Crippen LogP contribution in [0.25, 0.3) is 0 Å². The molecule has 0 aliphatic carbocycles. The van der Waals surface area contributed by atoms with Gasteiger partial charge in [-0.2, -0.15) is 0 Å². The lowest BCUT2D eigenvalue weighted by Gasteiger charge is -2.23. The van der Waals surface area contributed by atoms with E-state index in [4.69, 9.17) is 9.47 Å². The van der Waals surface area contributed by atoms with Crippen molar-refractivity contribution in [3.63, 3.8) is 0 Å². The molecule has 0 radical (unpaired) electrons. The van der Waals surface area contributed by atoms with Crippen molar-refractivity contribution in [1.29, 1.82) is 0 Å². The molecule has 0 unspecified atom stereocenters. The number of methoxy groups -OCH3 is 2. The van der Waals surface area contributed by atoms with E-state index in [2.05, 4.69) is 5.32 Å². The Morgan fingerprint density at radius 2 is 1.86 bits per heavy atom. The summed E-state index contributed by atoms with van der Waals surface area (Å²) < 4.78 is 10.9. The Balaban J connectivity index is 2.38. The summed E-state index contributed by atoms with van der Waals surface area (Å²) in [4.78, 5) is 27.6. The number of nitrogens with one attached hydrogen (secondary N) is 1. The molecule has 28 heavy (non-hydrogen) atoms. The molecule has 6 heteroatoms. The van der Waals surface area contributed by atoms with Crippen molar-refractivity contribution in [3.05, 3.63) is 23.8 Å². The summed E-state index contributed by atoms with van der Waals surface area (Å²) in [6.07, 6.45) is 0.452. The zero-order valence-corrected chi connectivity index (χ0v) is 18.2. The maximum absolute atomic E-state index is 12.9. The minimum Gasteiger partial charge on any atom is -0.497 e. The molecule has 0 bridgehead atoms. The summed E-state index contributed by atoms with van der Waals surface area (Å²) in [7, 11) is 3.23. The maximum atomic E-state index is 12.9. The third-order valence-corrected chi connectivity index (χ3v) is 4.96. The number of rotatable bonds is 6. The highest BCUT2D eigenvalue weighted by Gasteiger charge is 2.42. The fraction of sp³-hybridized carbons (Fsp3) is 0.636. The molecule has 156 valence electrons. The fourth-order valence-electron chi connectivity index (χ4n) is 3.67. The van der Waals surface area contributed by atoms with E-state index in [1.54, 1.807) is 14.2 Å². The lowest BCUT2D eigenvalue weighted by Crippen LogP contribution is -2.39. The van der Waals surface area contributed by atoms with Gasteiger partial charge in [-0.15, -0.1) is 0 Å². The van der Waals surface area contributed by atoms with Crippen LogP contribution >= 0.6 is 0 Å². The maximum Gasteiger partial charge on any atom is 0.225 e. The van der Waals surface area contributed by atoms with Gasteiger partial charge in [-0.05, 0) is 37.5 Å². The zero-order valence-electron chi connectivity index (χ0n) is 18.2. The van der Waals surface area contributed by atoms with E-state index in [0.29, 0.717) is 31.0 Å². The Morgan fingerprint density at radius 3 is 2.39 bits per heavy atom. The summed E-state index contributed by atoms with van der Waals surface area (Å²) in [5.41, 5.74) is 0.801. The Labute approximate surface area is 168 Å². The van der Waals surface area contributed by atoms with Crippen LogP contribution in [0.5, 0.6) is 11.5 Å². The molecule has 1 aromatic rings. The number of nitrogens with zero attached hydrogens (tertiary/aromatic N) is 1. The zero-order chi connectivity index (χ0) is 21.1. The molecule has 0 spiro atoms. The van der Waals surface area contributed by atoms with E-state index >= 15 is 0 Å². The molecule has 2 rings (SSSR count). The van der Waals surface area contributed by atoms with E-state index in [-0.39, 0.29) is 35.1 Å². The average molecular weight is 391 g/mol. The molecule has 1 saturated heterocycles.